The molecule has 1 aromatic rings. The summed E-state index contributed by atoms with van der Waals surface area (Å²) in [6.45, 7) is 6.21. The van der Waals surface area contributed by atoms with Crippen LogP contribution >= 0.6 is 0 Å². The Balaban J connectivity index is 2.62. The van der Waals surface area contributed by atoms with Crippen molar-refractivity contribution in [3.8, 4) is 0 Å². The minimum absolute atomic E-state index is 0.255. The summed E-state index contributed by atoms with van der Waals surface area (Å²) in [6, 6.07) is 0. The molecular weight excluding hydrogens is 192 g/mol. The molecule has 1 aromatic heterocycles. The van der Waals surface area contributed by atoms with Crippen molar-refractivity contribution in [1.29, 1.82) is 0 Å². The van der Waals surface area contributed by atoms with Gasteiger partial charge in [-0.15, -0.1) is 0 Å². The van der Waals surface area contributed by atoms with E-state index in [1.165, 1.54) is 0 Å². The van der Waals surface area contributed by atoms with Gasteiger partial charge in [0.25, 0.3) is 5.91 Å². The molecule has 1 amide bonds. The Bertz CT molecular complexity index is 388. The van der Waals surface area contributed by atoms with Crippen LogP contribution in [-0.4, -0.2) is 22.6 Å². The lowest BCUT2D eigenvalue weighted by Crippen LogP contribution is -2.24. The lowest BCUT2D eigenvalue weighted by Gasteiger charge is -2.00. The quantitative estimate of drug-likeness (QED) is 0.648. The monoisotopic (exact) mass is 208 g/mol. The molecule has 0 atom stereocenters. The van der Waals surface area contributed by atoms with Crippen molar-refractivity contribution >= 4 is 11.6 Å². The first-order valence-electron chi connectivity index (χ1n) is 4.74. The van der Waals surface area contributed by atoms with Gasteiger partial charge in [-0.05, 0) is 20.8 Å². The molecule has 0 spiro atoms. The number of carbonyl (C=O) groups excluding carboxylic acids is 1. The van der Waals surface area contributed by atoms with Gasteiger partial charge in [-0.1, -0.05) is 11.6 Å². The Kier molecular flexibility index (Phi) is 3.49. The first-order chi connectivity index (χ1) is 7.02. The van der Waals surface area contributed by atoms with E-state index in [9.17, 15) is 4.79 Å². The lowest BCUT2D eigenvalue weighted by molar-refractivity contribution is 0.0954. The van der Waals surface area contributed by atoms with Gasteiger partial charge in [-0.3, -0.25) is 9.89 Å². The molecule has 5 nitrogen and oxygen atoms in total. The molecular formula is C10H16N4O. The summed E-state index contributed by atoms with van der Waals surface area (Å²) in [7, 11) is 0. The molecule has 0 saturated heterocycles. The number of rotatable bonds is 3. The summed E-state index contributed by atoms with van der Waals surface area (Å²) in [5.74, 6) is -0.255. The molecule has 1 rings (SSSR count). The number of aryl methyl sites for hydroxylation is 1. The highest BCUT2D eigenvalue weighted by Crippen LogP contribution is 2.11. The van der Waals surface area contributed by atoms with Gasteiger partial charge >= 0.3 is 0 Å². The van der Waals surface area contributed by atoms with Gasteiger partial charge in [-0.25, -0.2) is 0 Å². The second-order valence-corrected chi connectivity index (χ2v) is 3.60. The number of nitrogen functional groups attached to an aromatic ring is 1. The summed E-state index contributed by atoms with van der Waals surface area (Å²) in [5, 5.41) is 9.20. The highest BCUT2D eigenvalue weighted by molar-refractivity contribution is 5.97. The van der Waals surface area contributed by atoms with Crippen molar-refractivity contribution < 1.29 is 4.79 Å². The highest BCUT2D eigenvalue weighted by Gasteiger charge is 2.13. The van der Waals surface area contributed by atoms with E-state index in [2.05, 4.69) is 15.5 Å². The number of carbonyl (C=O) groups is 1. The zero-order chi connectivity index (χ0) is 11.4. The molecule has 0 bridgehead atoms. The Hall–Kier alpha value is -1.78. The van der Waals surface area contributed by atoms with Crippen molar-refractivity contribution in [2.75, 3.05) is 12.3 Å². The van der Waals surface area contributed by atoms with Crippen LogP contribution in [0.25, 0.3) is 0 Å². The topological polar surface area (TPSA) is 83.8 Å². The van der Waals surface area contributed by atoms with E-state index in [0.717, 1.165) is 5.57 Å². The first kappa shape index (κ1) is 11.3. The molecule has 0 aliphatic carbocycles. The SMILES string of the molecule is CC(C)=CCNC(=O)c1n[nH]c(C)c1N. The number of nitrogens with two attached hydrogens (primary N) is 1. The van der Waals surface area contributed by atoms with E-state index in [4.69, 9.17) is 5.73 Å². The molecule has 0 fully saturated rings. The van der Waals surface area contributed by atoms with Gasteiger partial charge in [0.15, 0.2) is 5.69 Å². The molecule has 5 heteroatoms. The molecule has 1 heterocycles. The highest BCUT2D eigenvalue weighted by atomic mass is 16.1. The van der Waals surface area contributed by atoms with Crippen LogP contribution in [0, 0.1) is 6.92 Å². The van der Waals surface area contributed by atoms with Crippen LogP contribution in [0.5, 0.6) is 0 Å². The number of amides is 1. The van der Waals surface area contributed by atoms with E-state index in [-0.39, 0.29) is 11.6 Å². The number of aromatic amines is 1. The number of hydrogen-bond acceptors (Lipinski definition) is 3. The lowest BCUT2D eigenvalue weighted by atomic mass is 10.3. The van der Waals surface area contributed by atoms with Crippen molar-refractivity contribution in [3.05, 3.63) is 23.0 Å². The van der Waals surface area contributed by atoms with Gasteiger partial charge in [0.1, 0.15) is 0 Å². The Labute approximate surface area is 88.7 Å². The second kappa shape index (κ2) is 4.63. The van der Waals surface area contributed by atoms with E-state index < -0.39 is 0 Å². The van der Waals surface area contributed by atoms with Crippen LogP contribution in [0.4, 0.5) is 5.69 Å². The number of nitrogens with zero attached hydrogens (tertiary/aromatic N) is 1. The number of anilines is 1. The van der Waals surface area contributed by atoms with Crippen LogP contribution in [-0.2, 0) is 0 Å². The molecule has 0 saturated carbocycles. The van der Waals surface area contributed by atoms with Gasteiger partial charge in [0, 0.05) is 6.54 Å². The summed E-state index contributed by atoms with van der Waals surface area (Å²) in [6.07, 6.45) is 1.92. The number of aromatic nitrogens is 2. The maximum Gasteiger partial charge on any atom is 0.274 e. The van der Waals surface area contributed by atoms with E-state index in [1.54, 1.807) is 6.92 Å². The molecule has 82 valence electrons. The number of nitrogens with one attached hydrogen (secondary N) is 2. The Morgan fingerprint density at radius 2 is 2.27 bits per heavy atom. The average molecular weight is 208 g/mol. The predicted octanol–water partition coefficient (Wildman–Crippen LogP) is 0.996. The van der Waals surface area contributed by atoms with Gasteiger partial charge in [0.05, 0.1) is 11.4 Å². The van der Waals surface area contributed by atoms with Crippen LogP contribution in [0.2, 0.25) is 0 Å². The summed E-state index contributed by atoms with van der Waals surface area (Å²) in [4.78, 5) is 11.6. The van der Waals surface area contributed by atoms with Crippen LogP contribution in [0.3, 0.4) is 0 Å². The fraction of sp³-hybridized carbons (Fsp3) is 0.400. The minimum atomic E-state index is -0.255. The third-order valence-electron chi connectivity index (χ3n) is 1.98. The number of allylic oxidation sites excluding steroid dienone is 1. The zero-order valence-electron chi connectivity index (χ0n) is 9.22. The maximum absolute atomic E-state index is 11.6. The maximum atomic E-state index is 11.6. The van der Waals surface area contributed by atoms with Crippen molar-refractivity contribution in [3.63, 3.8) is 0 Å². The molecule has 0 aliphatic rings. The molecule has 0 unspecified atom stereocenters. The van der Waals surface area contributed by atoms with Crippen molar-refractivity contribution in [1.82, 2.24) is 15.5 Å². The largest absolute Gasteiger partial charge is 0.395 e. The van der Waals surface area contributed by atoms with Gasteiger partial charge in [0.2, 0.25) is 0 Å². The van der Waals surface area contributed by atoms with Gasteiger partial charge in [-0.2, -0.15) is 5.10 Å². The fourth-order valence-corrected chi connectivity index (χ4v) is 1.04. The van der Waals surface area contributed by atoms with Crippen molar-refractivity contribution in [2.45, 2.75) is 20.8 Å². The first-order valence-corrected chi connectivity index (χ1v) is 4.74. The Morgan fingerprint density at radius 1 is 1.60 bits per heavy atom. The summed E-state index contributed by atoms with van der Waals surface area (Å²) >= 11 is 0. The molecule has 0 radical (unpaired) electrons. The molecule has 0 aromatic carbocycles. The van der Waals surface area contributed by atoms with Crippen LogP contribution in [0.15, 0.2) is 11.6 Å². The number of hydrogen-bond donors (Lipinski definition) is 3. The van der Waals surface area contributed by atoms with Crippen molar-refractivity contribution in [2.24, 2.45) is 0 Å². The standard InChI is InChI=1S/C10H16N4O/c1-6(2)4-5-12-10(15)9-8(11)7(3)13-14-9/h4H,5,11H2,1-3H3,(H,12,15)(H,13,14). The molecule has 15 heavy (non-hydrogen) atoms. The molecule has 0 aliphatic heterocycles. The second-order valence-electron chi connectivity index (χ2n) is 3.60. The van der Waals surface area contributed by atoms with Gasteiger partial charge < -0.3 is 11.1 Å². The normalized spacial score (nSPS) is 9.80. The molecule has 4 N–H and O–H groups in total. The van der Waals surface area contributed by atoms with Crippen LogP contribution in [0.1, 0.15) is 30.0 Å². The minimum Gasteiger partial charge on any atom is -0.395 e. The fourth-order valence-electron chi connectivity index (χ4n) is 1.04. The third kappa shape index (κ3) is 2.83. The average Bonchev–Trinajstić information content (AvgIpc) is 2.47. The Morgan fingerprint density at radius 3 is 2.73 bits per heavy atom. The third-order valence-corrected chi connectivity index (χ3v) is 1.98. The van der Waals surface area contributed by atoms with Crippen LogP contribution < -0.4 is 11.1 Å². The van der Waals surface area contributed by atoms with E-state index in [1.807, 2.05) is 19.9 Å². The predicted molar refractivity (Wildman–Crippen MR) is 59.5 cm³/mol. The smallest absolute Gasteiger partial charge is 0.274 e. The zero-order valence-corrected chi connectivity index (χ0v) is 9.22. The summed E-state index contributed by atoms with van der Waals surface area (Å²) < 4.78 is 0. The van der Waals surface area contributed by atoms with E-state index in [0.29, 0.717) is 17.9 Å². The number of H-pyrrole nitrogens is 1. The summed E-state index contributed by atoms with van der Waals surface area (Å²) in [5.41, 5.74) is 8.20. The van der Waals surface area contributed by atoms with E-state index >= 15 is 0 Å².